The minimum atomic E-state index is 1.10. The Hall–Kier alpha value is -6.96. The molecule has 1 nitrogen and oxygen atoms in total. The topological polar surface area (TPSA) is 3.24 Å². The number of rotatable bonds is 6. The fourth-order valence-corrected chi connectivity index (χ4v) is 7.99. The third-order valence-corrected chi connectivity index (χ3v) is 10.6. The summed E-state index contributed by atoms with van der Waals surface area (Å²) in [4.78, 5) is 2.38. The van der Waals surface area contributed by atoms with Gasteiger partial charge < -0.3 is 4.90 Å². The van der Waals surface area contributed by atoms with Crippen molar-refractivity contribution in [1.82, 2.24) is 0 Å². The molecule has 0 saturated heterocycles. The van der Waals surface area contributed by atoms with Crippen molar-refractivity contribution in [2.45, 2.75) is 0 Å². The van der Waals surface area contributed by atoms with E-state index in [0.717, 1.165) is 17.1 Å². The summed E-state index contributed by atoms with van der Waals surface area (Å²) in [5.41, 5.74) is 10.6. The highest BCUT2D eigenvalue weighted by molar-refractivity contribution is 6.13. The van der Waals surface area contributed by atoms with Crippen molar-refractivity contribution < 1.29 is 0 Å². The molecular formula is C52H35N. The van der Waals surface area contributed by atoms with Gasteiger partial charge in [-0.15, -0.1) is 0 Å². The molecule has 10 aromatic carbocycles. The molecule has 0 aliphatic rings. The van der Waals surface area contributed by atoms with Gasteiger partial charge in [-0.3, -0.25) is 0 Å². The molecule has 0 bridgehead atoms. The molecule has 248 valence electrons. The van der Waals surface area contributed by atoms with Crippen LogP contribution >= 0.6 is 0 Å². The van der Waals surface area contributed by atoms with E-state index in [4.69, 9.17) is 0 Å². The predicted octanol–water partition coefficient (Wildman–Crippen LogP) is 14.8. The Morgan fingerprint density at radius 3 is 1.57 bits per heavy atom. The van der Waals surface area contributed by atoms with Crippen molar-refractivity contribution in [3.8, 4) is 33.4 Å². The maximum atomic E-state index is 2.38. The first-order valence-electron chi connectivity index (χ1n) is 18.3. The predicted molar refractivity (Wildman–Crippen MR) is 227 cm³/mol. The maximum absolute atomic E-state index is 2.38. The second kappa shape index (κ2) is 13.0. The van der Waals surface area contributed by atoms with Gasteiger partial charge >= 0.3 is 0 Å². The second-order valence-corrected chi connectivity index (χ2v) is 13.8. The lowest BCUT2D eigenvalue weighted by Crippen LogP contribution is -2.10. The summed E-state index contributed by atoms with van der Waals surface area (Å²) in [5.74, 6) is 0. The number of benzene rings is 10. The fraction of sp³-hybridized carbons (Fsp3) is 0. The largest absolute Gasteiger partial charge is 0.310 e. The van der Waals surface area contributed by atoms with Crippen LogP contribution in [-0.4, -0.2) is 0 Å². The minimum absolute atomic E-state index is 1.10. The number of fused-ring (bicyclic) bond motifs is 5. The van der Waals surface area contributed by atoms with Crippen LogP contribution in [0.3, 0.4) is 0 Å². The molecule has 0 atom stereocenters. The van der Waals surface area contributed by atoms with Crippen molar-refractivity contribution in [1.29, 1.82) is 0 Å². The van der Waals surface area contributed by atoms with Crippen LogP contribution < -0.4 is 4.90 Å². The molecular weight excluding hydrogens is 639 g/mol. The molecule has 10 aromatic rings. The highest BCUT2D eigenvalue weighted by Gasteiger charge is 2.16. The van der Waals surface area contributed by atoms with Crippen molar-refractivity contribution in [3.05, 3.63) is 212 Å². The van der Waals surface area contributed by atoms with Gasteiger partial charge in [0.1, 0.15) is 0 Å². The number of hydrogen-bond acceptors (Lipinski definition) is 1. The molecule has 1 heteroatoms. The van der Waals surface area contributed by atoms with Crippen LogP contribution in [0.5, 0.6) is 0 Å². The smallest absolute Gasteiger partial charge is 0.0467 e. The first-order valence-corrected chi connectivity index (χ1v) is 18.3. The summed E-state index contributed by atoms with van der Waals surface area (Å²) in [7, 11) is 0. The molecule has 0 aliphatic carbocycles. The molecule has 0 fully saturated rings. The Kier molecular flexibility index (Phi) is 7.55. The standard InChI is InChI=1S/C52H35N/c1-2-13-40-33-41(24-23-36(40)11-1)37-25-29-44(30-26-37)53(46-17-9-16-42(34-46)48-22-10-15-38-12-3-5-18-47(38)48)45-31-27-39(28-32-45)52-35-43-14-4-6-19-49(43)50-20-7-8-21-51(50)52/h1-35H. The lowest BCUT2D eigenvalue weighted by Gasteiger charge is -2.26. The van der Waals surface area contributed by atoms with Crippen LogP contribution in [0.4, 0.5) is 17.1 Å². The molecule has 0 saturated carbocycles. The summed E-state index contributed by atoms with van der Waals surface area (Å²) in [6.07, 6.45) is 0. The zero-order valence-electron chi connectivity index (χ0n) is 29.2. The van der Waals surface area contributed by atoms with Crippen molar-refractivity contribution in [2.24, 2.45) is 0 Å². The molecule has 0 N–H and O–H groups in total. The van der Waals surface area contributed by atoms with E-state index in [2.05, 4.69) is 217 Å². The lowest BCUT2D eigenvalue weighted by molar-refractivity contribution is 1.28. The Morgan fingerprint density at radius 2 is 0.792 bits per heavy atom. The number of anilines is 3. The first kappa shape index (κ1) is 30.8. The quantitative estimate of drug-likeness (QED) is 0.159. The maximum Gasteiger partial charge on any atom is 0.0467 e. The zero-order valence-corrected chi connectivity index (χ0v) is 29.2. The molecule has 0 amide bonds. The summed E-state index contributed by atoms with van der Waals surface area (Å²) < 4.78 is 0. The van der Waals surface area contributed by atoms with Crippen molar-refractivity contribution in [2.75, 3.05) is 4.90 Å². The van der Waals surface area contributed by atoms with E-state index >= 15 is 0 Å². The van der Waals surface area contributed by atoms with E-state index in [1.165, 1.54) is 76.5 Å². The van der Waals surface area contributed by atoms with Crippen LogP contribution in [0.15, 0.2) is 212 Å². The van der Waals surface area contributed by atoms with Gasteiger partial charge in [0.2, 0.25) is 0 Å². The van der Waals surface area contributed by atoms with Crippen LogP contribution in [0.25, 0.3) is 76.5 Å². The average Bonchev–Trinajstić information content (AvgIpc) is 3.24. The average molecular weight is 674 g/mol. The summed E-state index contributed by atoms with van der Waals surface area (Å²) in [6.45, 7) is 0. The second-order valence-electron chi connectivity index (χ2n) is 13.8. The van der Waals surface area contributed by atoms with Crippen LogP contribution in [0.1, 0.15) is 0 Å². The van der Waals surface area contributed by atoms with E-state index in [1.807, 2.05) is 0 Å². The van der Waals surface area contributed by atoms with Gasteiger partial charge in [0.25, 0.3) is 0 Å². The Morgan fingerprint density at radius 1 is 0.226 bits per heavy atom. The van der Waals surface area contributed by atoms with Crippen LogP contribution in [0.2, 0.25) is 0 Å². The fourth-order valence-electron chi connectivity index (χ4n) is 7.99. The van der Waals surface area contributed by atoms with Crippen LogP contribution in [0, 0.1) is 0 Å². The first-order chi connectivity index (χ1) is 26.3. The summed E-state index contributed by atoms with van der Waals surface area (Å²) >= 11 is 0. The van der Waals surface area contributed by atoms with Gasteiger partial charge in [-0.1, -0.05) is 164 Å². The number of hydrogen-bond donors (Lipinski definition) is 0. The van der Waals surface area contributed by atoms with Gasteiger partial charge in [-0.05, 0) is 125 Å². The lowest BCUT2D eigenvalue weighted by atomic mass is 9.93. The SMILES string of the molecule is c1cc(-c2cccc3ccccc23)cc(N(c2ccc(-c3ccc4ccccc4c3)cc2)c2ccc(-c3cc4ccccc4c4ccccc34)cc2)c1. The van der Waals surface area contributed by atoms with Crippen molar-refractivity contribution in [3.63, 3.8) is 0 Å². The molecule has 53 heavy (non-hydrogen) atoms. The van der Waals surface area contributed by atoms with Gasteiger partial charge in [0.15, 0.2) is 0 Å². The highest BCUT2D eigenvalue weighted by atomic mass is 15.1. The molecule has 0 spiro atoms. The molecule has 0 unspecified atom stereocenters. The Bertz CT molecular complexity index is 2930. The minimum Gasteiger partial charge on any atom is -0.310 e. The van der Waals surface area contributed by atoms with Crippen LogP contribution in [-0.2, 0) is 0 Å². The van der Waals surface area contributed by atoms with E-state index in [1.54, 1.807) is 0 Å². The zero-order chi connectivity index (χ0) is 35.1. The summed E-state index contributed by atoms with van der Waals surface area (Å²) in [5, 5.41) is 10.1. The van der Waals surface area contributed by atoms with E-state index < -0.39 is 0 Å². The molecule has 10 rings (SSSR count). The van der Waals surface area contributed by atoms with E-state index in [9.17, 15) is 0 Å². The molecule has 0 aliphatic heterocycles. The Labute approximate surface area is 309 Å². The Balaban J connectivity index is 1.09. The monoisotopic (exact) mass is 673 g/mol. The van der Waals surface area contributed by atoms with Gasteiger partial charge in [0, 0.05) is 17.1 Å². The third-order valence-electron chi connectivity index (χ3n) is 10.6. The van der Waals surface area contributed by atoms with E-state index in [-0.39, 0.29) is 0 Å². The van der Waals surface area contributed by atoms with Gasteiger partial charge in [-0.2, -0.15) is 0 Å². The molecule has 0 radical (unpaired) electrons. The number of nitrogens with zero attached hydrogens (tertiary/aromatic N) is 1. The molecule has 0 aromatic heterocycles. The highest BCUT2D eigenvalue weighted by Crippen LogP contribution is 2.41. The van der Waals surface area contributed by atoms with Crippen molar-refractivity contribution >= 4 is 60.2 Å². The summed E-state index contributed by atoms with van der Waals surface area (Å²) in [6, 6.07) is 77.3. The normalized spacial score (nSPS) is 11.4. The third kappa shape index (κ3) is 5.60. The van der Waals surface area contributed by atoms with Gasteiger partial charge in [0.05, 0.1) is 0 Å². The van der Waals surface area contributed by atoms with E-state index in [0.29, 0.717) is 0 Å². The molecule has 0 heterocycles. The van der Waals surface area contributed by atoms with Gasteiger partial charge in [-0.25, -0.2) is 0 Å².